The second-order valence-corrected chi connectivity index (χ2v) is 5.46. The molecular weight excluding hydrogens is 220 g/mol. The first-order valence-electron chi connectivity index (χ1n) is 8.03. The zero-order valence-corrected chi connectivity index (χ0v) is 12.7. The molecule has 2 heteroatoms. The standard InChI is InChI=1S/C16H32N2/c1-4-7-9-10-13-18-15-14-17(12-8-5-2)16(18)11-6-3/h14-16H,4-13H2,1-3H3. The van der Waals surface area contributed by atoms with E-state index in [2.05, 4.69) is 43.0 Å². The highest BCUT2D eigenvalue weighted by atomic mass is 15.4. The topological polar surface area (TPSA) is 6.48 Å². The summed E-state index contributed by atoms with van der Waals surface area (Å²) in [6, 6.07) is 0. The van der Waals surface area contributed by atoms with Gasteiger partial charge in [-0.25, -0.2) is 0 Å². The number of hydrogen-bond acceptors (Lipinski definition) is 2. The van der Waals surface area contributed by atoms with Gasteiger partial charge in [0.05, 0.1) is 0 Å². The van der Waals surface area contributed by atoms with Crippen LogP contribution in [0.3, 0.4) is 0 Å². The zero-order valence-electron chi connectivity index (χ0n) is 12.7. The molecule has 0 spiro atoms. The third kappa shape index (κ3) is 4.91. The summed E-state index contributed by atoms with van der Waals surface area (Å²) in [6.07, 6.45) is 15.9. The molecule has 0 amide bonds. The van der Waals surface area contributed by atoms with Crippen LogP contribution in [-0.4, -0.2) is 29.1 Å². The monoisotopic (exact) mass is 252 g/mol. The van der Waals surface area contributed by atoms with Crippen molar-refractivity contribution in [3.8, 4) is 0 Å². The molecule has 0 aliphatic carbocycles. The van der Waals surface area contributed by atoms with Crippen LogP contribution in [0.15, 0.2) is 12.4 Å². The molecule has 0 fully saturated rings. The number of nitrogens with zero attached hydrogens (tertiary/aromatic N) is 2. The maximum Gasteiger partial charge on any atom is 0.101 e. The molecular formula is C16H32N2. The lowest BCUT2D eigenvalue weighted by Crippen LogP contribution is -2.39. The highest BCUT2D eigenvalue weighted by Crippen LogP contribution is 2.21. The molecule has 0 aromatic carbocycles. The van der Waals surface area contributed by atoms with E-state index in [1.165, 1.54) is 64.5 Å². The minimum atomic E-state index is 0.642. The molecule has 1 atom stereocenters. The fourth-order valence-electron chi connectivity index (χ4n) is 2.66. The molecule has 1 aliphatic rings. The van der Waals surface area contributed by atoms with Crippen LogP contribution in [0.2, 0.25) is 0 Å². The van der Waals surface area contributed by atoms with Gasteiger partial charge < -0.3 is 9.80 Å². The average Bonchev–Trinajstić information content (AvgIpc) is 2.75. The minimum absolute atomic E-state index is 0.642. The summed E-state index contributed by atoms with van der Waals surface area (Å²) >= 11 is 0. The van der Waals surface area contributed by atoms with Crippen LogP contribution in [0.25, 0.3) is 0 Å². The zero-order chi connectivity index (χ0) is 13.2. The number of unbranched alkanes of at least 4 members (excludes halogenated alkanes) is 4. The van der Waals surface area contributed by atoms with Gasteiger partial charge in [0.1, 0.15) is 6.17 Å². The van der Waals surface area contributed by atoms with Crippen molar-refractivity contribution in [2.24, 2.45) is 0 Å². The maximum atomic E-state index is 2.56. The van der Waals surface area contributed by atoms with Crippen LogP contribution in [0, 0.1) is 0 Å². The van der Waals surface area contributed by atoms with Gasteiger partial charge in [0.25, 0.3) is 0 Å². The summed E-state index contributed by atoms with van der Waals surface area (Å²) in [7, 11) is 0. The summed E-state index contributed by atoms with van der Waals surface area (Å²) in [4.78, 5) is 5.11. The molecule has 1 heterocycles. The molecule has 1 unspecified atom stereocenters. The normalized spacial score (nSPS) is 18.9. The smallest absolute Gasteiger partial charge is 0.101 e. The molecule has 1 aliphatic heterocycles. The Bertz CT molecular complexity index is 225. The molecule has 0 radical (unpaired) electrons. The minimum Gasteiger partial charge on any atom is -0.356 e. The van der Waals surface area contributed by atoms with Crippen molar-refractivity contribution in [3.63, 3.8) is 0 Å². The van der Waals surface area contributed by atoms with E-state index in [1.54, 1.807) is 0 Å². The second kappa shape index (κ2) is 9.29. The fourth-order valence-corrected chi connectivity index (χ4v) is 2.66. The summed E-state index contributed by atoms with van der Waals surface area (Å²) in [5.41, 5.74) is 0. The summed E-state index contributed by atoms with van der Waals surface area (Å²) in [5, 5.41) is 0. The largest absolute Gasteiger partial charge is 0.356 e. The summed E-state index contributed by atoms with van der Waals surface area (Å²) in [6.45, 7) is 9.32. The predicted octanol–water partition coefficient (Wildman–Crippen LogP) is 4.58. The first kappa shape index (κ1) is 15.4. The Balaban J connectivity index is 2.34. The van der Waals surface area contributed by atoms with Gasteiger partial charge in [0.15, 0.2) is 0 Å². The van der Waals surface area contributed by atoms with Gasteiger partial charge in [0.2, 0.25) is 0 Å². The average molecular weight is 252 g/mol. The molecule has 106 valence electrons. The van der Waals surface area contributed by atoms with Gasteiger partial charge in [0, 0.05) is 25.5 Å². The van der Waals surface area contributed by atoms with E-state index in [0.717, 1.165) is 0 Å². The molecule has 0 saturated carbocycles. The van der Waals surface area contributed by atoms with Gasteiger partial charge in [-0.1, -0.05) is 52.9 Å². The third-order valence-electron chi connectivity index (χ3n) is 3.80. The lowest BCUT2D eigenvalue weighted by molar-refractivity contribution is 0.138. The Morgan fingerprint density at radius 1 is 0.722 bits per heavy atom. The number of hydrogen-bond donors (Lipinski definition) is 0. The van der Waals surface area contributed by atoms with Gasteiger partial charge in [-0.2, -0.15) is 0 Å². The Hall–Kier alpha value is -0.660. The SMILES string of the molecule is CCCCCCN1C=CN(CCCC)C1CCC. The van der Waals surface area contributed by atoms with Crippen molar-refractivity contribution in [2.75, 3.05) is 13.1 Å². The Morgan fingerprint density at radius 3 is 1.89 bits per heavy atom. The highest BCUT2D eigenvalue weighted by molar-refractivity contribution is 4.96. The van der Waals surface area contributed by atoms with E-state index in [1.807, 2.05) is 0 Å². The van der Waals surface area contributed by atoms with Gasteiger partial charge in [-0.05, 0) is 19.3 Å². The molecule has 1 rings (SSSR count). The molecule has 2 nitrogen and oxygen atoms in total. The van der Waals surface area contributed by atoms with E-state index < -0.39 is 0 Å². The first-order chi connectivity index (χ1) is 8.83. The van der Waals surface area contributed by atoms with Crippen molar-refractivity contribution in [2.45, 2.75) is 78.3 Å². The Morgan fingerprint density at radius 2 is 1.33 bits per heavy atom. The van der Waals surface area contributed by atoms with Crippen molar-refractivity contribution in [1.29, 1.82) is 0 Å². The van der Waals surface area contributed by atoms with Crippen LogP contribution in [0.1, 0.15) is 72.1 Å². The van der Waals surface area contributed by atoms with Crippen molar-refractivity contribution in [3.05, 3.63) is 12.4 Å². The molecule has 0 saturated heterocycles. The van der Waals surface area contributed by atoms with Gasteiger partial charge in [-0.15, -0.1) is 0 Å². The predicted molar refractivity (Wildman–Crippen MR) is 80.3 cm³/mol. The molecule has 0 aromatic heterocycles. The Labute approximate surface area is 114 Å². The van der Waals surface area contributed by atoms with Crippen LogP contribution >= 0.6 is 0 Å². The van der Waals surface area contributed by atoms with E-state index in [4.69, 9.17) is 0 Å². The number of rotatable bonds is 10. The van der Waals surface area contributed by atoms with Gasteiger partial charge >= 0.3 is 0 Å². The lowest BCUT2D eigenvalue weighted by atomic mass is 10.2. The highest BCUT2D eigenvalue weighted by Gasteiger charge is 2.24. The molecule has 0 bridgehead atoms. The van der Waals surface area contributed by atoms with Crippen LogP contribution in [0.5, 0.6) is 0 Å². The quantitative estimate of drug-likeness (QED) is 0.525. The van der Waals surface area contributed by atoms with Crippen LogP contribution < -0.4 is 0 Å². The van der Waals surface area contributed by atoms with Crippen LogP contribution in [-0.2, 0) is 0 Å². The first-order valence-corrected chi connectivity index (χ1v) is 8.03. The lowest BCUT2D eigenvalue weighted by Gasteiger charge is -2.32. The second-order valence-electron chi connectivity index (χ2n) is 5.46. The van der Waals surface area contributed by atoms with E-state index in [-0.39, 0.29) is 0 Å². The maximum absolute atomic E-state index is 2.56. The fraction of sp³-hybridized carbons (Fsp3) is 0.875. The van der Waals surface area contributed by atoms with E-state index in [0.29, 0.717) is 6.17 Å². The van der Waals surface area contributed by atoms with Crippen molar-refractivity contribution < 1.29 is 0 Å². The third-order valence-corrected chi connectivity index (χ3v) is 3.80. The molecule has 0 N–H and O–H groups in total. The van der Waals surface area contributed by atoms with Crippen molar-refractivity contribution >= 4 is 0 Å². The molecule has 0 aromatic rings. The molecule has 18 heavy (non-hydrogen) atoms. The van der Waals surface area contributed by atoms with Crippen LogP contribution in [0.4, 0.5) is 0 Å². The van der Waals surface area contributed by atoms with Crippen molar-refractivity contribution in [1.82, 2.24) is 9.80 Å². The van der Waals surface area contributed by atoms with Gasteiger partial charge in [-0.3, -0.25) is 0 Å². The van der Waals surface area contributed by atoms with E-state index >= 15 is 0 Å². The van der Waals surface area contributed by atoms with E-state index in [9.17, 15) is 0 Å². The summed E-state index contributed by atoms with van der Waals surface area (Å²) in [5.74, 6) is 0. The summed E-state index contributed by atoms with van der Waals surface area (Å²) < 4.78 is 0. The Kier molecular flexibility index (Phi) is 7.95.